The van der Waals surface area contributed by atoms with Gasteiger partial charge in [0.05, 0.1) is 11.1 Å². The molecule has 5 aromatic rings. The number of hydrogen-bond acceptors (Lipinski definition) is 3. The number of furan rings is 1. The summed E-state index contributed by atoms with van der Waals surface area (Å²) in [4.78, 5) is 27.6. The molecule has 0 fully saturated rings. The maximum atomic E-state index is 13.9. The van der Waals surface area contributed by atoms with Crippen LogP contribution >= 0.6 is 0 Å². The second-order valence-corrected chi connectivity index (χ2v) is 7.61. The summed E-state index contributed by atoms with van der Waals surface area (Å²) in [5, 5.41) is 1.71. The smallest absolute Gasteiger partial charge is 0.199 e. The fourth-order valence-electron chi connectivity index (χ4n) is 4.42. The van der Waals surface area contributed by atoms with E-state index >= 15 is 0 Å². The van der Waals surface area contributed by atoms with Crippen LogP contribution in [0.1, 0.15) is 31.8 Å². The molecule has 0 atom stereocenters. The lowest BCUT2D eigenvalue weighted by atomic mass is 9.80. The van der Waals surface area contributed by atoms with Crippen molar-refractivity contribution in [3.05, 3.63) is 119 Å². The average molecular weight is 400 g/mol. The topological polar surface area (TPSA) is 47.3 Å². The summed E-state index contributed by atoms with van der Waals surface area (Å²) in [5.41, 5.74) is 3.11. The number of carbonyl (C=O) groups excluding carboxylic acids is 2. The zero-order valence-corrected chi connectivity index (χ0v) is 16.5. The molecule has 0 radical (unpaired) electrons. The Labute approximate surface area is 178 Å². The number of benzene rings is 4. The van der Waals surface area contributed by atoms with Gasteiger partial charge in [-0.25, -0.2) is 0 Å². The van der Waals surface area contributed by atoms with Crippen molar-refractivity contribution in [1.29, 1.82) is 0 Å². The van der Waals surface area contributed by atoms with E-state index in [1.165, 1.54) is 0 Å². The SMILES string of the molecule is O=C1c2ccc3ccccc3c2C(=O)c2c(-c3ccccc3)oc(-c3ccccc3)c21. The fourth-order valence-corrected chi connectivity index (χ4v) is 4.42. The van der Waals surface area contributed by atoms with Crippen LogP contribution in [0.2, 0.25) is 0 Å². The zero-order valence-electron chi connectivity index (χ0n) is 16.5. The first-order valence-corrected chi connectivity index (χ1v) is 10.1. The Hall–Kier alpha value is -4.24. The van der Waals surface area contributed by atoms with Crippen molar-refractivity contribution in [2.45, 2.75) is 0 Å². The van der Waals surface area contributed by atoms with Gasteiger partial charge in [0, 0.05) is 22.3 Å². The molecular weight excluding hydrogens is 384 g/mol. The second kappa shape index (κ2) is 6.64. The molecule has 1 aliphatic carbocycles. The quantitative estimate of drug-likeness (QED) is 0.331. The van der Waals surface area contributed by atoms with Gasteiger partial charge >= 0.3 is 0 Å². The molecule has 0 aliphatic heterocycles. The predicted octanol–water partition coefficient (Wildman–Crippen LogP) is 6.54. The normalized spacial score (nSPS) is 12.6. The van der Waals surface area contributed by atoms with Crippen molar-refractivity contribution in [3.63, 3.8) is 0 Å². The molecule has 0 saturated heterocycles. The molecular formula is C28H16O3. The van der Waals surface area contributed by atoms with E-state index in [0.717, 1.165) is 21.9 Å². The van der Waals surface area contributed by atoms with Crippen LogP contribution in [0.3, 0.4) is 0 Å². The van der Waals surface area contributed by atoms with E-state index in [0.29, 0.717) is 33.8 Å². The molecule has 1 aromatic heterocycles. The van der Waals surface area contributed by atoms with E-state index in [2.05, 4.69) is 0 Å². The van der Waals surface area contributed by atoms with Gasteiger partial charge in [0.15, 0.2) is 11.6 Å². The standard InChI is InChI=1S/C28H16O3/c29-25-21-16-15-17-9-7-8-14-20(17)22(21)26(30)24-23(25)27(18-10-3-1-4-11-18)31-28(24)19-12-5-2-6-13-19/h1-16H. The van der Waals surface area contributed by atoms with Gasteiger partial charge in [-0.05, 0) is 16.8 Å². The minimum absolute atomic E-state index is 0.175. The highest BCUT2D eigenvalue weighted by Crippen LogP contribution is 2.43. The Morgan fingerprint density at radius 3 is 1.68 bits per heavy atom. The number of carbonyl (C=O) groups is 2. The third-order valence-electron chi connectivity index (χ3n) is 5.84. The molecule has 0 saturated carbocycles. The van der Waals surface area contributed by atoms with E-state index < -0.39 is 0 Å². The van der Waals surface area contributed by atoms with Crippen LogP contribution in [0.5, 0.6) is 0 Å². The van der Waals surface area contributed by atoms with Gasteiger partial charge in [-0.3, -0.25) is 9.59 Å². The molecule has 0 spiro atoms. The summed E-state index contributed by atoms with van der Waals surface area (Å²) in [6.45, 7) is 0. The Bertz CT molecular complexity index is 1490. The molecule has 0 unspecified atom stereocenters. The fraction of sp³-hybridized carbons (Fsp3) is 0. The lowest BCUT2D eigenvalue weighted by Crippen LogP contribution is -2.21. The highest BCUT2D eigenvalue weighted by atomic mass is 16.3. The Kier molecular flexibility index (Phi) is 3.77. The van der Waals surface area contributed by atoms with E-state index in [4.69, 9.17) is 4.42 Å². The van der Waals surface area contributed by atoms with Gasteiger partial charge in [0.2, 0.25) is 0 Å². The third-order valence-corrected chi connectivity index (χ3v) is 5.84. The summed E-state index contributed by atoms with van der Waals surface area (Å²) in [6, 6.07) is 30.3. The van der Waals surface area contributed by atoms with Crippen molar-refractivity contribution in [2.75, 3.05) is 0 Å². The molecule has 6 rings (SSSR count). The first kappa shape index (κ1) is 17.6. The molecule has 3 heteroatoms. The monoisotopic (exact) mass is 400 g/mol. The number of fused-ring (bicyclic) bond motifs is 4. The van der Waals surface area contributed by atoms with Gasteiger partial charge in [-0.1, -0.05) is 91.0 Å². The van der Waals surface area contributed by atoms with Gasteiger partial charge in [-0.2, -0.15) is 0 Å². The van der Waals surface area contributed by atoms with Crippen molar-refractivity contribution in [2.24, 2.45) is 0 Å². The lowest BCUT2D eigenvalue weighted by molar-refractivity contribution is 0.0982. The first-order chi connectivity index (χ1) is 15.2. The van der Waals surface area contributed by atoms with Crippen LogP contribution in [0, 0.1) is 0 Å². The average Bonchev–Trinajstić information content (AvgIpc) is 3.24. The Morgan fingerprint density at radius 2 is 1.03 bits per heavy atom. The minimum Gasteiger partial charge on any atom is -0.454 e. The predicted molar refractivity (Wildman–Crippen MR) is 120 cm³/mol. The van der Waals surface area contributed by atoms with Gasteiger partial charge < -0.3 is 4.42 Å². The maximum Gasteiger partial charge on any atom is 0.199 e. The summed E-state index contributed by atoms with van der Waals surface area (Å²) in [5.74, 6) is 0.518. The molecule has 4 aromatic carbocycles. The van der Waals surface area contributed by atoms with Crippen LogP contribution < -0.4 is 0 Å². The molecule has 0 bridgehead atoms. The van der Waals surface area contributed by atoms with Crippen LogP contribution in [0.4, 0.5) is 0 Å². The number of ketones is 2. The third kappa shape index (κ3) is 2.53. The molecule has 31 heavy (non-hydrogen) atoms. The molecule has 0 amide bonds. The van der Waals surface area contributed by atoms with Crippen molar-refractivity contribution >= 4 is 22.3 Å². The molecule has 1 aliphatic rings. The minimum atomic E-state index is -0.180. The zero-order chi connectivity index (χ0) is 20.9. The van der Waals surface area contributed by atoms with E-state index in [9.17, 15) is 9.59 Å². The van der Waals surface area contributed by atoms with Crippen LogP contribution in [0.15, 0.2) is 101 Å². The summed E-state index contributed by atoms with van der Waals surface area (Å²) < 4.78 is 6.28. The van der Waals surface area contributed by atoms with Gasteiger partial charge in [-0.15, -0.1) is 0 Å². The first-order valence-electron chi connectivity index (χ1n) is 10.1. The lowest BCUT2D eigenvalue weighted by Gasteiger charge is -2.17. The van der Waals surface area contributed by atoms with Gasteiger partial charge in [0.25, 0.3) is 0 Å². The summed E-state index contributed by atoms with van der Waals surface area (Å²) >= 11 is 0. The Morgan fingerprint density at radius 1 is 0.484 bits per heavy atom. The number of rotatable bonds is 2. The van der Waals surface area contributed by atoms with Crippen LogP contribution in [0.25, 0.3) is 33.4 Å². The highest BCUT2D eigenvalue weighted by molar-refractivity contribution is 6.35. The van der Waals surface area contributed by atoms with Crippen molar-refractivity contribution in [3.8, 4) is 22.6 Å². The van der Waals surface area contributed by atoms with Gasteiger partial charge in [0.1, 0.15) is 11.5 Å². The van der Waals surface area contributed by atoms with Crippen molar-refractivity contribution in [1.82, 2.24) is 0 Å². The highest BCUT2D eigenvalue weighted by Gasteiger charge is 2.39. The van der Waals surface area contributed by atoms with Crippen molar-refractivity contribution < 1.29 is 14.0 Å². The molecule has 0 N–H and O–H groups in total. The Balaban J connectivity index is 1.71. The summed E-state index contributed by atoms with van der Waals surface area (Å²) in [7, 11) is 0. The molecule has 3 nitrogen and oxygen atoms in total. The second-order valence-electron chi connectivity index (χ2n) is 7.61. The van der Waals surface area contributed by atoms with E-state index in [-0.39, 0.29) is 11.6 Å². The van der Waals surface area contributed by atoms with Crippen LogP contribution in [-0.2, 0) is 0 Å². The molecule has 146 valence electrons. The number of hydrogen-bond donors (Lipinski definition) is 0. The summed E-state index contributed by atoms with van der Waals surface area (Å²) in [6.07, 6.45) is 0. The maximum absolute atomic E-state index is 13.9. The van der Waals surface area contributed by atoms with E-state index in [1.54, 1.807) is 6.07 Å². The van der Waals surface area contributed by atoms with E-state index in [1.807, 2.05) is 91.0 Å². The largest absolute Gasteiger partial charge is 0.454 e. The molecule has 1 heterocycles. The van der Waals surface area contributed by atoms with Crippen LogP contribution in [-0.4, -0.2) is 11.6 Å².